The molecule has 0 saturated carbocycles. The number of nitrogens with two attached hydrogens (primary N) is 1. The summed E-state index contributed by atoms with van der Waals surface area (Å²) in [4.78, 5) is 13.6. The predicted octanol–water partition coefficient (Wildman–Crippen LogP) is 2.31. The van der Waals surface area contributed by atoms with Crippen molar-refractivity contribution in [3.8, 4) is 0 Å². The number of amides is 1. The van der Waals surface area contributed by atoms with Crippen molar-refractivity contribution in [2.75, 3.05) is 18.1 Å². The van der Waals surface area contributed by atoms with E-state index in [0.717, 1.165) is 24.9 Å². The SMILES string of the molecule is CCc1ccc(N2C(=O)OCCC2CCN)cc1. The molecule has 1 unspecified atom stereocenters. The zero-order valence-corrected chi connectivity index (χ0v) is 10.8. The number of nitrogens with zero attached hydrogens (tertiary/aromatic N) is 1. The van der Waals surface area contributed by atoms with Crippen LogP contribution in [0.3, 0.4) is 0 Å². The lowest BCUT2D eigenvalue weighted by molar-refractivity contribution is 0.128. The minimum atomic E-state index is -0.260. The highest BCUT2D eigenvalue weighted by molar-refractivity contribution is 5.89. The van der Waals surface area contributed by atoms with Gasteiger partial charge >= 0.3 is 6.09 Å². The molecule has 0 aromatic heterocycles. The van der Waals surface area contributed by atoms with E-state index in [1.807, 2.05) is 12.1 Å². The summed E-state index contributed by atoms with van der Waals surface area (Å²) in [6.07, 6.45) is 2.39. The smallest absolute Gasteiger partial charge is 0.414 e. The van der Waals surface area contributed by atoms with Crippen LogP contribution < -0.4 is 10.6 Å². The van der Waals surface area contributed by atoms with Crippen LogP contribution in [0.1, 0.15) is 25.3 Å². The topological polar surface area (TPSA) is 55.6 Å². The Kier molecular flexibility index (Phi) is 4.20. The van der Waals surface area contributed by atoms with Crippen molar-refractivity contribution in [1.82, 2.24) is 0 Å². The molecule has 1 aliphatic rings. The summed E-state index contributed by atoms with van der Waals surface area (Å²) in [7, 11) is 0. The van der Waals surface area contributed by atoms with Crippen molar-refractivity contribution in [1.29, 1.82) is 0 Å². The quantitative estimate of drug-likeness (QED) is 0.889. The molecular formula is C14H20N2O2. The van der Waals surface area contributed by atoms with E-state index in [1.54, 1.807) is 4.90 Å². The van der Waals surface area contributed by atoms with Gasteiger partial charge in [0.25, 0.3) is 0 Å². The summed E-state index contributed by atoms with van der Waals surface area (Å²) in [5, 5.41) is 0. The molecule has 0 bridgehead atoms. The number of rotatable bonds is 4. The third-order valence-corrected chi connectivity index (χ3v) is 3.36. The van der Waals surface area contributed by atoms with Crippen LogP contribution in [0.5, 0.6) is 0 Å². The summed E-state index contributed by atoms with van der Waals surface area (Å²) >= 11 is 0. The van der Waals surface area contributed by atoms with Crippen molar-refractivity contribution < 1.29 is 9.53 Å². The van der Waals surface area contributed by atoms with Crippen molar-refractivity contribution in [2.24, 2.45) is 5.73 Å². The van der Waals surface area contributed by atoms with Crippen LogP contribution in [0.4, 0.5) is 10.5 Å². The Hall–Kier alpha value is -1.55. The molecular weight excluding hydrogens is 228 g/mol. The molecule has 0 radical (unpaired) electrons. The van der Waals surface area contributed by atoms with Gasteiger partial charge in [0, 0.05) is 18.2 Å². The molecule has 2 N–H and O–H groups in total. The normalized spacial score (nSPS) is 19.8. The average Bonchev–Trinajstić information content (AvgIpc) is 2.40. The number of ether oxygens (including phenoxy) is 1. The Morgan fingerprint density at radius 1 is 1.39 bits per heavy atom. The van der Waals surface area contributed by atoms with E-state index in [1.165, 1.54) is 5.56 Å². The molecule has 98 valence electrons. The molecule has 18 heavy (non-hydrogen) atoms. The fraction of sp³-hybridized carbons (Fsp3) is 0.500. The van der Waals surface area contributed by atoms with Crippen LogP contribution in [0.2, 0.25) is 0 Å². The molecule has 2 rings (SSSR count). The van der Waals surface area contributed by atoms with Crippen LogP contribution >= 0.6 is 0 Å². The Morgan fingerprint density at radius 2 is 2.11 bits per heavy atom. The number of hydrogen-bond acceptors (Lipinski definition) is 3. The van der Waals surface area contributed by atoms with E-state index in [9.17, 15) is 4.79 Å². The van der Waals surface area contributed by atoms with Gasteiger partial charge in [-0.1, -0.05) is 19.1 Å². The summed E-state index contributed by atoms with van der Waals surface area (Å²) in [5.74, 6) is 0. The lowest BCUT2D eigenvalue weighted by atomic mass is 10.1. The second-order valence-electron chi connectivity index (χ2n) is 4.52. The first-order valence-corrected chi connectivity index (χ1v) is 6.51. The Labute approximate surface area is 108 Å². The first-order valence-electron chi connectivity index (χ1n) is 6.51. The van der Waals surface area contributed by atoms with E-state index in [0.29, 0.717) is 13.2 Å². The van der Waals surface area contributed by atoms with Crippen molar-refractivity contribution >= 4 is 11.8 Å². The summed E-state index contributed by atoms with van der Waals surface area (Å²) in [6, 6.07) is 8.22. The van der Waals surface area contributed by atoms with E-state index in [-0.39, 0.29) is 12.1 Å². The van der Waals surface area contributed by atoms with Gasteiger partial charge in [0.2, 0.25) is 0 Å². The van der Waals surface area contributed by atoms with Gasteiger partial charge in [-0.2, -0.15) is 0 Å². The first kappa shape index (κ1) is 12.9. The van der Waals surface area contributed by atoms with Crippen LogP contribution in [-0.2, 0) is 11.2 Å². The van der Waals surface area contributed by atoms with Crippen molar-refractivity contribution in [3.63, 3.8) is 0 Å². The van der Waals surface area contributed by atoms with Crippen molar-refractivity contribution in [3.05, 3.63) is 29.8 Å². The number of carbonyl (C=O) groups is 1. The Bertz CT molecular complexity index is 401. The molecule has 1 amide bonds. The maximum atomic E-state index is 11.9. The van der Waals surface area contributed by atoms with E-state index < -0.39 is 0 Å². The lowest BCUT2D eigenvalue weighted by Gasteiger charge is -2.34. The molecule has 1 aromatic carbocycles. The number of benzene rings is 1. The van der Waals surface area contributed by atoms with Gasteiger partial charge in [0.15, 0.2) is 0 Å². The van der Waals surface area contributed by atoms with Crippen LogP contribution in [0, 0.1) is 0 Å². The van der Waals surface area contributed by atoms with Crippen molar-refractivity contribution in [2.45, 2.75) is 32.2 Å². The molecule has 4 nitrogen and oxygen atoms in total. The van der Waals surface area contributed by atoms with E-state index in [2.05, 4.69) is 19.1 Å². The summed E-state index contributed by atoms with van der Waals surface area (Å²) in [5.41, 5.74) is 7.77. The third-order valence-electron chi connectivity index (χ3n) is 3.36. The Morgan fingerprint density at radius 3 is 2.72 bits per heavy atom. The number of hydrogen-bond donors (Lipinski definition) is 1. The molecule has 1 saturated heterocycles. The fourth-order valence-corrected chi connectivity index (χ4v) is 2.30. The second-order valence-corrected chi connectivity index (χ2v) is 4.52. The molecule has 1 aliphatic heterocycles. The van der Waals surface area contributed by atoms with Crippen LogP contribution in [0.15, 0.2) is 24.3 Å². The standard InChI is InChI=1S/C14H20N2O2/c1-2-11-3-5-12(6-4-11)16-13(7-9-15)8-10-18-14(16)17/h3-6,13H,2,7-10,15H2,1H3. The summed E-state index contributed by atoms with van der Waals surface area (Å²) in [6.45, 7) is 3.19. The zero-order valence-electron chi connectivity index (χ0n) is 10.8. The van der Waals surface area contributed by atoms with Gasteiger partial charge in [-0.15, -0.1) is 0 Å². The van der Waals surface area contributed by atoms with Gasteiger partial charge in [-0.3, -0.25) is 4.90 Å². The molecule has 4 heteroatoms. The summed E-state index contributed by atoms with van der Waals surface area (Å²) < 4.78 is 5.12. The minimum absolute atomic E-state index is 0.156. The molecule has 1 fully saturated rings. The number of aryl methyl sites for hydroxylation is 1. The van der Waals surface area contributed by atoms with Gasteiger partial charge in [0.1, 0.15) is 0 Å². The molecule has 0 aliphatic carbocycles. The van der Waals surface area contributed by atoms with E-state index >= 15 is 0 Å². The maximum Gasteiger partial charge on any atom is 0.414 e. The second kappa shape index (κ2) is 5.87. The fourth-order valence-electron chi connectivity index (χ4n) is 2.30. The largest absolute Gasteiger partial charge is 0.449 e. The highest BCUT2D eigenvalue weighted by Gasteiger charge is 2.30. The highest BCUT2D eigenvalue weighted by atomic mass is 16.6. The molecule has 0 spiro atoms. The monoisotopic (exact) mass is 248 g/mol. The van der Waals surface area contributed by atoms with Crippen LogP contribution in [0.25, 0.3) is 0 Å². The van der Waals surface area contributed by atoms with Gasteiger partial charge in [0.05, 0.1) is 6.61 Å². The third kappa shape index (κ3) is 2.64. The minimum Gasteiger partial charge on any atom is -0.449 e. The van der Waals surface area contributed by atoms with Gasteiger partial charge in [-0.25, -0.2) is 4.79 Å². The van der Waals surface area contributed by atoms with Gasteiger partial charge in [-0.05, 0) is 37.1 Å². The maximum absolute atomic E-state index is 11.9. The van der Waals surface area contributed by atoms with Crippen LogP contribution in [-0.4, -0.2) is 25.3 Å². The van der Waals surface area contributed by atoms with Gasteiger partial charge < -0.3 is 10.5 Å². The predicted molar refractivity (Wildman–Crippen MR) is 71.7 cm³/mol. The Balaban J connectivity index is 2.22. The molecule has 1 heterocycles. The lowest BCUT2D eigenvalue weighted by Crippen LogP contribution is -2.46. The highest BCUT2D eigenvalue weighted by Crippen LogP contribution is 2.25. The van der Waals surface area contributed by atoms with E-state index in [4.69, 9.17) is 10.5 Å². The molecule has 1 atom stereocenters. The number of cyclic esters (lactones) is 1. The molecule has 1 aromatic rings. The zero-order chi connectivity index (χ0) is 13.0. The first-order chi connectivity index (χ1) is 8.76. The average molecular weight is 248 g/mol. The number of carbonyl (C=O) groups excluding carboxylic acids is 1. The number of anilines is 1.